The first kappa shape index (κ1) is 13.0. The second-order valence-electron chi connectivity index (χ2n) is 3.68. The largest absolute Gasteiger partial charge is 0.462 e. The van der Waals surface area contributed by atoms with Gasteiger partial charge in [-0.2, -0.15) is 4.37 Å². The van der Waals surface area contributed by atoms with Crippen LogP contribution in [0, 0.1) is 12.3 Å². The van der Waals surface area contributed by atoms with E-state index in [9.17, 15) is 9.59 Å². The molecule has 0 amide bonds. The zero-order valence-corrected chi connectivity index (χ0v) is 11.0. The Morgan fingerprint density at radius 3 is 2.90 bits per heavy atom. The lowest BCUT2D eigenvalue weighted by molar-refractivity contribution is -0.155. The summed E-state index contributed by atoms with van der Waals surface area (Å²) in [4.78, 5) is 26.7. The van der Waals surface area contributed by atoms with Crippen LogP contribution >= 0.6 is 11.7 Å². The van der Waals surface area contributed by atoms with Crippen LogP contribution in [0.25, 0.3) is 11.3 Å². The topological polar surface area (TPSA) is 101 Å². The number of nitrogens with zero attached hydrogens (tertiary/aromatic N) is 3. The van der Waals surface area contributed by atoms with Crippen LogP contribution in [0.2, 0.25) is 0 Å². The number of aromatic nitrogens is 3. The van der Waals surface area contributed by atoms with Crippen molar-refractivity contribution in [2.75, 3.05) is 6.61 Å². The van der Waals surface area contributed by atoms with Crippen molar-refractivity contribution in [2.24, 2.45) is 0 Å². The van der Waals surface area contributed by atoms with Crippen molar-refractivity contribution in [1.82, 2.24) is 13.7 Å². The molecule has 3 rings (SSSR count). The van der Waals surface area contributed by atoms with Gasteiger partial charge in [0.1, 0.15) is 11.3 Å². The predicted molar refractivity (Wildman–Crippen MR) is 68.7 cm³/mol. The number of hydrogen-bond donors (Lipinski definition) is 0. The minimum atomic E-state index is -1.17. The first-order valence-electron chi connectivity index (χ1n) is 5.53. The third-order valence-electron chi connectivity index (χ3n) is 2.42. The number of carbonyl (C=O) groups is 2. The van der Waals surface area contributed by atoms with Gasteiger partial charge in [-0.15, -0.1) is 10.8 Å². The van der Waals surface area contributed by atoms with Gasteiger partial charge in [0.2, 0.25) is 5.88 Å². The minimum absolute atomic E-state index is 0.0110. The lowest BCUT2D eigenvalue weighted by Gasteiger charge is -2.06. The molecule has 8 nitrogen and oxygen atoms in total. The van der Waals surface area contributed by atoms with Crippen LogP contribution in [-0.2, 0) is 9.59 Å². The molecule has 21 heavy (non-hydrogen) atoms. The number of carbonyl (C=O) groups excluding carboxylic acids is 2. The molecule has 1 aliphatic heterocycles. The van der Waals surface area contributed by atoms with Crippen LogP contribution in [-0.4, -0.2) is 32.3 Å². The predicted octanol–water partition coefficient (Wildman–Crippen LogP) is 0.436. The number of ether oxygens (including phenoxy) is 3. The molecule has 9 heteroatoms. The molecule has 0 saturated carbocycles. The molecular formula is C12H5N3O5S. The van der Waals surface area contributed by atoms with Crippen LogP contribution in [0.5, 0.6) is 17.5 Å². The number of terminal acetylenes is 1. The molecule has 2 aromatic heterocycles. The molecule has 0 aromatic carbocycles. The molecule has 0 spiro atoms. The van der Waals surface area contributed by atoms with Gasteiger partial charge in [-0.1, -0.05) is 5.92 Å². The quantitative estimate of drug-likeness (QED) is 0.457. The monoisotopic (exact) mass is 303 g/mol. The van der Waals surface area contributed by atoms with E-state index in [1.54, 1.807) is 0 Å². The van der Waals surface area contributed by atoms with Gasteiger partial charge in [-0.25, -0.2) is 14.6 Å². The molecule has 0 fully saturated rings. The highest BCUT2D eigenvalue weighted by Gasteiger charge is 2.32. The fourth-order valence-corrected chi connectivity index (χ4v) is 2.12. The van der Waals surface area contributed by atoms with Crippen LogP contribution in [0.1, 0.15) is 0 Å². The summed E-state index contributed by atoms with van der Waals surface area (Å²) in [6.45, 7) is -0.0110. The van der Waals surface area contributed by atoms with E-state index in [0.717, 1.165) is 11.7 Å². The molecule has 0 atom stereocenters. The summed E-state index contributed by atoms with van der Waals surface area (Å²) >= 11 is 0.870. The average Bonchev–Trinajstić information content (AvgIpc) is 2.90. The van der Waals surface area contributed by atoms with Gasteiger partial charge < -0.3 is 14.2 Å². The molecule has 0 unspecified atom stereocenters. The van der Waals surface area contributed by atoms with E-state index in [1.165, 1.54) is 12.3 Å². The zero-order valence-electron chi connectivity index (χ0n) is 10.2. The van der Waals surface area contributed by atoms with Crippen LogP contribution in [0.4, 0.5) is 0 Å². The molecule has 104 valence electrons. The molecule has 0 N–H and O–H groups in total. The van der Waals surface area contributed by atoms with Crippen molar-refractivity contribution in [3.8, 4) is 41.1 Å². The molecule has 2 bridgehead atoms. The Morgan fingerprint density at radius 1 is 1.29 bits per heavy atom. The summed E-state index contributed by atoms with van der Waals surface area (Å²) in [7, 11) is 0. The number of hydrogen-bond acceptors (Lipinski definition) is 9. The summed E-state index contributed by atoms with van der Waals surface area (Å²) in [6.07, 6.45) is 6.46. The smallest absolute Gasteiger partial charge is 0.424 e. The van der Waals surface area contributed by atoms with E-state index >= 15 is 0 Å². The summed E-state index contributed by atoms with van der Waals surface area (Å²) in [5, 5.41) is 0. The lowest BCUT2D eigenvalue weighted by atomic mass is 10.2. The van der Waals surface area contributed by atoms with Gasteiger partial charge in [0.05, 0.1) is 11.7 Å². The normalized spacial score (nSPS) is 12.9. The first-order chi connectivity index (χ1) is 10.2. The highest BCUT2D eigenvalue weighted by Crippen LogP contribution is 2.41. The first-order valence-corrected chi connectivity index (χ1v) is 6.26. The summed E-state index contributed by atoms with van der Waals surface area (Å²) in [6, 6.07) is 1.41. The lowest BCUT2D eigenvalue weighted by Crippen LogP contribution is -2.23. The molecule has 0 aliphatic carbocycles. The second kappa shape index (κ2) is 5.18. The standard InChI is InChI=1S/C12H5N3O5S/c1-2-5-18-10-8(14-21-15-10)7-6-3-4-13-9(7)20-12(17)11(16)19-6/h1,3-4H,5H2. The van der Waals surface area contributed by atoms with Crippen molar-refractivity contribution in [3.05, 3.63) is 12.3 Å². The molecule has 0 radical (unpaired) electrons. The summed E-state index contributed by atoms with van der Waals surface area (Å²) in [5.74, 6) is 0.0938. The molecular weight excluding hydrogens is 298 g/mol. The summed E-state index contributed by atoms with van der Waals surface area (Å²) in [5.41, 5.74) is 0.438. The van der Waals surface area contributed by atoms with Gasteiger partial charge in [-0.05, 0) is 0 Å². The maximum absolute atomic E-state index is 11.4. The Labute approximate surface area is 122 Å². The van der Waals surface area contributed by atoms with Crippen molar-refractivity contribution in [2.45, 2.75) is 0 Å². The zero-order chi connectivity index (χ0) is 14.8. The third-order valence-corrected chi connectivity index (χ3v) is 2.94. The van der Waals surface area contributed by atoms with Gasteiger partial charge in [0.15, 0.2) is 12.3 Å². The van der Waals surface area contributed by atoms with Gasteiger partial charge in [-0.3, -0.25) is 0 Å². The van der Waals surface area contributed by atoms with E-state index in [-0.39, 0.29) is 35.4 Å². The fraction of sp³-hybridized carbons (Fsp3) is 0.0833. The molecule has 1 aliphatic rings. The maximum Gasteiger partial charge on any atom is 0.424 e. The van der Waals surface area contributed by atoms with Gasteiger partial charge in [0.25, 0.3) is 5.88 Å². The Balaban J connectivity index is 2.13. The van der Waals surface area contributed by atoms with Crippen LogP contribution < -0.4 is 14.2 Å². The molecule has 3 heterocycles. The van der Waals surface area contributed by atoms with Gasteiger partial charge in [0, 0.05) is 12.3 Å². The maximum atomic E-state index is 11.4. The van der Waals surface area contributed by atoms with Crippen molar-refractivity contribution >= 4 is 23.7 Å². The SMILES string of the molecule is C#CCOc1nsnc1-c1c2ccnc1OC(=O)C(=O)O2. The van der Waals surface area contributed by atoms with Crippen molar-refractivity contribution < 1.29 is 23.8 Å². The fourth-order valence-electron chi connectivity index (χ4n) is 1.62. The Kier molecular flexibility index (Phi) is 3.21. The van der Waals surface area contributed by atoms with Crippen molar-refractivity contribution in [1.29, 1.82) is 0 Å². The van der Waals surface area contributed by atoms with E-state index < -0.39 is 11.9 Å². The minimum Gasteiger partial charge on any atom is -0.462 e. The molecule has 2 aromatic rings. The number of pyridine rings is 1. The van der Waals surface area contributed by atoms with E-state index in [0.29, 0.717) is 0 Å². The highest BCUT2D eigenvalue weighted by atomic mass is 32.1. The van der Waals surface area contributed by atoms with Gasteiger partial charge >= 0.3 is 11.9 Å². The second-order valence-corrected chi connectivity index (χ2v) is 4.21. The highest BCUT2D eigenvalue weighted by molar-refractivity contribution is 6.99. The Bertz CT molecular complexity index is 745. The third kappa shape index (κ3) is 2.28. The van der Waals surface area contributed by atoms with Crippen LogP contribution in [0.3, 0.4) is 0 Å². The number of rotatable bonds is 3. The number of esters is 2. The van der Waals surface area contributed by atoms with Crippen LogP contribution in [0.15, 0.2) is 12.3 Å². The molecule has 0 saturated heterocycles. The van der Waals surface area contributed by atoms with Crippen molar-refractivity contribution in [3.63, 3.8) is 0 Å². The van der Waals surface area contributed by atoms with E-state index in [4.69, 9.17) is 20.6 Å². The van der Waals surface area contributed by atoms with E-state index in [1.807, 2.05) is 0 Å². The summed E-state index contributed by atoms with van der Waals surface area (Å²) < 4.78 is 23.0. The van der Waals surface area contributed by atoms with E-state index in [2.05, 4.69) is 19.7 Å². The Morgan fingerprint density at radius 2 is 2.10 bits per heavy atom. The number of fused-ring (bicyclic) bond motifs is 2. The average molecular weight is 303 g/mol. The Hall–Kier alpha value is -2.99.